The van der Waals surface area contributed by atoms with Crippen molar-refractivity contribution in [3.05, 3.63) is 53.9 Å². The van der Waals surface area contributed by atoms with Crippen LogP contribution in [-0.4, -0.2) is 6.21 Å². The van der Waals surface area contributed by atoms with Crippen molar-refractivity contribution in [3.63, 3.8) is 0 Å². The van der Waals surface area contributed by atoms with Crippen molar-refractivity contribution in [2.45, 2.75) is 19.8 Å². The first-order chi connectivity index (χ1) is 7.84. The van der Waals surface area contributed by atoms with E-state index in [0.29, 0.717) is 5.88 Å². The molecule has 1 aromatic rings. The molecule has 16 heavy (non-hydrogen) atoms. The average Bonchev–Trinajstić information content (AvgIpc) is 2.30. The maximum Gasteiger partial charge on any atom is 0.215 e. The molecular weight excluding hydrogens is 198 g/mol. The molecule has 0 unspecified atom stereocenters. The summed E-state index contributed by atoms with van der Waals surface area (Å²) in [5.41, 5.74) is 1.18. The highest BCUT2D eigenvalue weighted by Crippen LogP contribution is 2.15. The SMILES string of the molecule is CC1=CCCC=C(Oc2ccccc2)N=C1. The van der Waals surface area contributed by atoms with E-state index in [1.165, 1.54) is 5.57 Å². The van der Waals surface area contributed by atoms with Gasteiger partial charge in [-0.3, -0.25) is 0 Å². The summed E-state index contributed by atoms with van der Waals surface area (Å²) < 4.78 is 5.68. The molecule has 2 nitrogen and oxygen atoms in total. The second kappa shape index (κ2) is 5.31. The van der Waals surface area contributed by atoms with Gasteiger partial charge in [0.05, 0.1) is 0 Å². The first-order valence-corrected chi connectivity index (χ1v) is 5.48. The third-order valence-corrected chi connectivity index (χ3v) is 2.31. The highest BCUT2D eigenvalue weighted by Gasteiger charge is 1.99. The lowest BCUT2D eigenvalue weighted by atomic mass is 10.2. The summed E-state index contributed by atoms with van der Waals surface area (Å²) in [5.74, 6) is 1.51. The number of rotatable bonds is 2. The van der Waals surface area contributed by atoms with Crippen LogP contribution in [0.5, 0.6) is 5.75 Å². The summed E-state index contributed by atoms with van der Waals surface area (Å²) in [7, 11) is 0. The van der Waals surface area contributed by atoms with Crippen molar-refractivity contribution >= 4 is 6.21 Å². The third kappa shape index (κ3) is 3.09. The van der Waals surface area contributed by atoms with Gasteiger partial charge >= 0.3 is 0 Å². The first kappa shape index (κ1) is 10.7. The van der Waals surface area contributed by atoms with Gasteiger partial charge in [-0.1, -0.05) is 24.3 Å². The fourth-order valence-corrected chi connectivity index (χ4v) is 1.47. The molecule has 0 N–H and O–H groups in total. The smallest absolute Gasteiger partial charge is 0.215 e. The van der Waals surface area contributed by atoms with Crippen LogP contribution in [0.4, 0.5) is 0 Å². The quantitative estimate of drug-likeness (QED) is 0.733. The summed E-state index contributed by atoms with van der Waals surface area (Å²) in [5, 5.41) is 0. The van der Waals surface area contributed by atoms with Crippen molar-refractivity contribution in [1.29, 1.82) is 0 Å². The molecule has 0 radical (unpaired) electrons. The lowest BCUT2D eigenvalue weighted by molar-refractivity contribution is 0.418. The number of aliphatic imine (C=N–C) groups is 1. The van der Waals surface area contributed by atoms with Crippen molar-refractivity contribution < 1.29 is 4.74 Å². The number of nitrogens with zero attached hydrogens (tertiary/aromatic N) is 1. The van der Waals surface area contributed by atoms with Crippen molar-refractivity contribution in [2.75, 3.05) is 0 Å². The zero-order valence-electron chi connectivity index (χ0n) is 9.39. The molecule has 1 aliphatic rings. The van der Waals surface area contributed by atoms with Crippen LogP contribution in [0.15, 0.2) is 58.9 Å². The van der Waals surface area contributed by atoms with Gasteiger partial charge in [-0.25, -0.2) is 4.99 Å². The molecule has 0 atom stereocenters. The third-order valence-electron chi connectivity index (χ3n) is 2.31. The van der Waals surface area contributed by atoms with Crippen LogP contribution in [0.25, 0.3) is 0 Å². The predicted octanol–water partition coefficient (Wildman–Crippen LogP) is 3.72. The van der Waals surface area contributed by atoms with Gasteiger partial charge in [0.15, 0.2) is 0 Å². The Morgan fingerprint density at radius 2 is 1.81 bits per heavy atom. The Hall–Kier alpha value is -1.83. The Morgan fingerprint density at radius 1 is 1.06 bits per heavy atom. The minimum atomic E-state index is 0.679. The van der Waals surface area contributed by atoms with Gasteiger partial charge in [-0.2, -0.15) is 0 Å². The highest BCUT2D eigenvalue weighted by molar-refractivity contribution is 5.78. The number of ether oxygens (including phenoxy) is 1. The second-order valence-electron chi connectivity index (χ2n) is 3.74. The largest absolute Gasteiger partial charge is 0.439 e. The van der Waals surface area contributed by atoms with E-state index in [2.05, 4.69) is 18.0 Å². The van der Waals surface area contributed by atoms with Gasteiger partial charge in [-0.05, 0) is 43.5 Å². The maximum atomic E-state index is 5.68. The summed E-state index contributed by atoms with van der Waals surface area (Å²) in [6.07, 6.45) is 8.05. The molecule has 1 heterocycles. The predicted molar refractivity (Wildman–Crippen MR) is 66.6 cm³/mol. The highest BCUT2D eigenvalue weighted by atomic mass is 16.5. The van der Waals surface area contributed by atoms with Crippen molar-refractivity contribution in [2.24, 2.45) is 4.99 Å². The Labute approximate surface area is 96.0 Å². The molecule has 0 fully saturated rings. The van der Waals surface area contributed by atoms with Gasteiger partial charge < -0.3 is 4.74 Å². The van der Waals surface area contributed by atoms with Gasteiger partial charge in [0.1, 0.15) is 5.75 Å². The molecule has 0 aromatic heterocycles. The van der Waals surface area contributed by atoms with Gasteiger partial charge in [-0.15, -0.1) is 0 Å². The topological polar surface area (TPSA) is 21.6 Å². The second-order valence-corrected chi connectivity index (χ2v) is 3.74. The molecule has 1 aromatic carbocycles. The minimum absolute atomic E-state index is 0.679. The van der Waals surface area contributed by atoms with E-state index in [1.807, 2.05) is 42.6 Å². The van der Waals surface area contributed by atoms with E-state index >= 15 is 0 Å². The van der Waals surface area contributed by atoms with Crippen LogP contribution in [0.1, 0.15) is 19.8 Å². The molecule has 2 rings (SSSR count). The average molecular weight is 213 g/mol. The van der Waals surface area contributed by atoms with Crippen LogP contribution in [-0.2, 0) is 0 Å². The molecule has 82 valence electrons. The van der Waals surface area contributed by atoms with Gasteiger partial charge in [0.2, 0.25) is 5.88 Å². The van der Waals surface area contributed by atoms with E-state index in [4.69, 9.17) is 4.74 Å². The maximum absolute atomic E-state index is 5.68. The van der Waals surface area contributed by atoms with Crippen LogP contribution in [0, 0.1) is 0 Å². The van der Waals surface area contributed by atoms with Gasteiger partial charge in [0, 0.05) is 6.21 Å². The normalized spacial score (nSPS) is 15.8. The van der Waals surface area contributed by atoms with E-state index in [9.17, 15) is 0 Å². The van der Waals surface area contributed by atoms with E-state index in [0.717, 1.165) is 18.6 Å². The lowest BCUT2D eigenvalue weighted by Crippen LogP contribution is -1.95. The molecule has 1 aliphatic heterocycles. The zero-order chi connectivity index (χ0) is 11.2. The molecule has 0 amide bonds. The Bertz CT molecular complexity index is 429. The molecule has 0 aliphatic carbocycles. The van der Waals surface area contributed by atoms with Crippen LogP contribution in [0.3, 0.4) is 0 Å². The monoisotopic (exact) mass is 213 g/mol. The Balaban J connectivity index is 2.10. The minimum Gasteiger partial charge on any atom is -0.439 e. The molecular formula is C14H15NO. The number of hydrogen-bond acceptors (Lipinski definition) is 2. The van der Waals surface area contributed by atoms with Crippen LogP contribution >= 0.6 is 0 Å². The van der Waals surface area contributed by atoms with Crippen LogP contribution < -0.4 is 4.74 Å². The number of benzene rings is 1. The van der Waals surface area contributed by atoms with E-state index in [-0.39, 0.29) is 0 Å². The summed E-state index contributed by atoms with van der Waals surface area (Å²) in [4.78, 5) is 4.31. The molecule has 0 saturated heterocycles. The fourth-order valence-electron chi connectivity index (χ4n) is 1.47. The number of allylic oxidation sites excluding steroid dienone is 3. The summed E-state index contributed by atoms with van der Waals surface area (Å²) >= 11 is 0. The molecule has 0 spiro atoms. The lowest BCUT2D eigenvalue weighted by Gasteiger charge is -2.07. The Kier molecular flexibility index (Phi) is 3.54. The number of hydrogen-bond donors (Lipinski definition) is 0. The molecule has 2 heteroatoms. The van der Waals surface area contributed by atoms with E-state index < -0.39 is 0 Å². The summed E-state index contributed by atoms with van der Waals surface area (Å²) in [6.45, 7) is 2.05. The fraction of sp³-hybridized carbons (Fsp3) is 0.214. The van der Waals surface area contributed by atoms with Gasteiger partial charge in [0.25, 0.3) is 0 Å². The zero-order valence-corrected chi connectivity index (χ0v) is 9.39. The first-order valence-electron chi connectivity index (χ1n) is 5.48. The van der Waals surface area contributed by atoms with Crippen molar-refractivity contribution in [1.82, 2.24) is 0 Å². The number of para-hydroxylation sites is 1. The molecule has 0 bridgehead atoms. The molecule has 0 saturated carbocycles. The van der Waals surface area contributed by atoms with E-state index in [1.54, 1.807) is 0 Å². The van der Waals surface area contributed by atoms with Crippen molar-refractivity contribution in [3.8, 4) is 5.75 Å². The summed E-state index contributed by atoms with van der Waals surface area (Å²) in [6, 6.07) is 9.73. The standard InChI is InChI=1S/C14H15NO/c1-12-7-5-6-10-14(15-11-12)16-13-8-3-2-4-9-13/h2-4,7-11H,5-6H2,1H3. The van der Waals surface area contributed by atoms with Crippen LogP contribution in [0.2, 0.25) is 0 Å². The Morgan fingerprint density at radius 3 is 2.62 bits per heavy atom.